The number of rotatable bonds is 3. The van der Waals surface area contributed by atoms with Crippen molar-refractivity contribution < 1.29 is 4.52 Å². The van der Waals surface area contributed by atoms with E-state index in [0.29, 0.717) is 18.3 Å². The van der Waals surface area contributed by atoms with Gasteiger partial charge in [0.05, 0.1) is 12.2 Å². The highest BCUT2D eigenvalue weighted by atomic mass is 16.5. The first kappa shape index (κ1) is 14.0. The zero-order valence-corrected chi connectivity index (χ0v) is 12.8. The van der Waals surface area contributed by atoms with Crippen molar-refractivity contribution in [1.29, 1.82) is 0 Å². The molecule has 4 heterocycles. The van der Waals surface area contributed by atoms with Crippen LogP contribution < -0.4 is 0 Å². The van der Waals surface area contributed by atoms with Crippen LogP contribution in [0.2, 0.25) is 0 Å². The average Bonchev–Trinajstić information content (AvgIpc) is 3.04. The first-order valence-electron chi connectivity index (χ1n) is 7.54. The van der Waals surface area contributed by atoms with Crippen LogP contribution in [0.5, 0.6) is 0 Å². The van der Waals surface area contributed by atoms with E-state index in [9.17, 15) is 0 Å². The van der Waals surface area contributed by atoms with Crippen molar-refractivity contribution in [2.24, 2.45) is 0 Å². The Morgan fingerprint density at radius 3 is 3.09 bits per heavy atom. The van der Waals surface area contributed by atoms with Gasteiger partial charge in [0.25, 0.3) is 0 Å². The minimum atomic E-state index is 0.573. The predicted molar refractivity (Wildman–Crippen MR) is 82.1 cm³/mol. The average molecular weight is 308 g/mol. The van der Waals surface area contributed by atoms with Gasteiger partial charge in [0.2, 0.25) is 11.7 Å². The summed E-state index contributed by atoms with van der Waals surface area (Å²) in [6.45, 7) is 4.25. The van der Waals surface area contributed by atoms with Crippen LogP contribution in [0, 0.1) is 6.92 Å². The van der Waals surface area contributed by atoms with Crippen LogP contribution in [0.3, 0.4) is 0 Å². The van der Waals surface area contributed by atoms with Crippen molar-refractivity contribution in [3.05, 3.63) is 53.7 Å². The van der Waals surface area contributed by atoms with E-state index in [1.807, 2.05) is 25.3 Å². The third kappa shape index (κ3) is 2.95. The van der Waals surface area contributed by atoms with E-state index >= 15 is 0 Å². The molecule has 7 nitrogen and oxygen atoms in total. The summed E-state index contributed by atoms with van der Waals surface area (Å²) in [5, 5.41) is 4.03. The summed E-state index contributed by atoms with van der Waals surface area (Å²) in [5.41, 5.74) is 3.18. The second-order valence-corrected chi connectivity index (χ2v) is 5.60. The second-order valence-electron chi connectivity index (χ2n) is 5.60. The van der Waals surface area contributed by atoms with Gasteiger partial charge in [-0.25, -0.2) is 9.97 Å². The third-order valence-corrected chi connectivity index (χ3v) is 3.89. The fourth-order valence-electron chi connectivity index (χ4n) is 2.71. The summed E-state index contributed by atoms with van der Waals surface area (Å²) >= 11 is 0. The van der Waals surface area contributed by atoms with Gasteiger partial charge in [-0.3, -0.25) is 9.88 Å². The van der Waals surface area contributed by atoms with Crippen molar-refractivity contribution in [3.63, 3.8) is 0 Å². The van der Waals surface area contributed by atoms with Gasteiger partial charge in [0.15, 0.2) is 0 Å². The van der Waals surface area contributed by atoms with Crippen molar-refractivity contribution in [2.75, 3.05) is 6.54 Å². The maximum Gasteiger partial charge on any atom is 0.241 e. The Balaban J connectivity index is 1.48. The van der Waals surface area contributed by atoms with Gasteiger partial charge in [0, 0.05) is 37.2 Å². The maximum absolute atomic E-state index is 5.37. The normalized spacial score (nSPS) is 14.7. The fourth-order valence-corrected chi connectivity index (χ4v) is 2.71. The quantitative estimate of drug-likeness (QED) is 0.729. The van der Waals surface area contributed by atoms with Crippen molar-refractivity contribution >= 4 is 0 Å². The maximum atomic E-state index is 5.37. The molecule has 7 heteroatoms. The molecule has 0 saturated heterocycles. The summed E-state index contributed by atoms with van der Waals surface area (Å²) in [6, 6.07) is 3.77. The molecular weight excluding hydrogens is 292 g/mol. The van der Waals surface area contributed by atoms with Gasteiger partial charge in [-0.2, -0.15) is 4.98 Å². The van der Waals surface area contributed by atoms with E-state index in [1.165, 1.54) is 5.56 Å². The minimum Gasteiger partial charge on any atom is -0.338 e. The van der Waals surface area contributed by atoms with Crippen LogP contribution in [-0.4, -0.2) is 36.5 Å². The number of aromatic nitrogens is 5. The molecule has 1 aliphatic rings. The Kier molecular flexibility index (Phi) is 3.55. The Bertz CT molecular complexity index is 816. The summed E-state index contributed by atoms with van der Waals surface area (Å²) in [5.74, 6) is 1.99. The summed E-state index contributed by atoms with van der Waals surface area (Å²) in [4.78, 5) is 19.6. The number of nitrogens with zero attached hydrogens (tertiary/aromatic N) is 6. The molecule has 0 atom stereocenters. The van der Waals surface area contributed by atoms with Crippen molar-refractivity contribution in [2.45, 2.75) is 26.4 Å². The van der Waals surface area contributed by atoms with Gasteiger partial charge < -0.3 is 4.52 Å². The minimum absolute atomic E-state index is 0.573. The van der Waals surface area contributed by atoms with E-state index in [-0.39, 0.29) is 0 Å². The van der Waals surface area contributed by atoms with Crippen LogP contribution in [0.1, 0.15) is 23.0 Å². The summed E-state index contributed by atoms with van der Waals surface area (Å²) in [7, 11) is 0. The van der Waals surface area contributed by atoms with Gasteiger partial charge in [0.1, 0.15) is 5.82 Å². The van der Waals surface area contributed by atoms with E-state index in [4.69, 9.17) is 4.52 Å². The number of fused-ring (bicyclic) bond motifs is 1. The molecule has 1 aliphatic heterocycles. The van der Waals surface area contributed by atoms with Crippen LogP contribution in [0.25, 0.3) is 11.4 Å². The molecule has 4 rings (SSSR count). The lowest BCUT2D eigenvalue weighted by Gasteiger charge is -2.26. The Labute approximate surface area is 133 Å². The predicted octanol–water partition coefficient (Wildman–Crippen LogP) is 1.79. The van der Waals surface area contributed by atoms with Gasteiger partial charge in [-0.15, -0.1) is 0 Å². The van der Waals surface area contributed by atoms with Gasteiger partial charge in [-0.05, 0) is 31.0 Å². The molecular formula is C16H16N6O. The molecule has 0 amide bonds. The smallest absolute Gasteiger partial charge is 0.241 e. The molecule has 116 valence electrons. The summed E-state index contributed by atoms with van der Waals surface area (Å²) in [6.07, 6.45) is 6.33. The number of aryl methyl sites for hydroxylation is 1. The van der Waals surface area contributed by atoms with E-state index in [0.717, 1.165) is 36.6 Å². The molecule has 0 saturated carbocycles. The molecule has 0 radical (unpaired) electrons. The largest absolute Gasteiger partial charge is 0.338 e. The Morgan fingerprint density at radius 2 is 2.22 bits per heavy atom. The zero-order valence-electron chi connectivity index (χ0n) is 12.8. The molecule has 0 fully saturated rings. The van der Waals surface area contributed by atoms with E-state index < -0.39 is 0 Å². The number of hydrogen-bond acceptors (Lipinski definition) is 7. The van der Waals surface area contributed by atoms with Crippen LogP contribution in [-0.2, 0) is 19.5 Å². The van der Waals surface area contributed by atoms with Crippen molar-refractivity contribution in [3.8, 4) is 11.4 Å². The summed E-state index contributed by atoms with van der Waals surface area (Å²) < 4.78 is 5.37. The molecule has 0 bridgehead atoms. The van der Waals surface area contributed by atoms with Crippen LogP contribution >= 0.6 is 0 Å². The van der Waals surface area contributed by atoms with Crippen LogP contribution in [0.4, 0.5) is 0 Å². The lowest BCUT2D eigenvalue weighted by molar-refractivity contribution is 0.207. The zero-order chi connectivity index (χ0) is 15.6. The lowest BCUT2D eigenvalue weighted by Crippen LogP contribution is -2.31. The first-order valence-corrected chi connectivity index (χ1v) is 7.54. The van der Waals surface area contributed by atoms with Crippen molar-refractivity contribution in [1.82, 2.24) is 30.0 Å². The standard InChI is InChI=1S/C16H16N6O/c1-11-18-8-12-4-6-22(9-14(12)19-11)10-15-20-16(21-23-15)13-3-2-5-17-7-13/h2-3,5,7-8H,4,6,9-10H2,1H3. The molecule has 3 aromatic heterocycles. The number of pyridine rings is 1. The highest BCUT2D eigenvalue weighted by molar-refractivity contribution is 5.51. The fraction of sp³-hybridized carbons (Fsp3) is 0.312. The monoisotopic (exact) mass is 308 g/mol. The van der Waals surface area contributed by atoms with Gasteiger partial charge in [-0.1, -0.05) is 5.16 Å². The Hall–Kier alpha value is -2.67. The number of hydrogen-bond donors (Lipinski definition) is 0. The van der Waals surface area contributed by atoms with E-state index in [1.54, 1.807) is 12.4 Å². The molecule has 0 aliphatic carbocycles. The second kappa shape index (κ2) is 5.85. The molecule has 0 N–H and O–H groups in total. The third-order valence-electron chi connectivity index (χ3n) is 3.89. The highest BCUT2D eigenvalue weighted by Gasteiger charge is 2.20. The first-order chi connectivity index (χ1) is 11.3. The molecule has 0 aromatic carbocycles. The van der Waals surface area contributed by atoms with Crippen LogP contribution in [0.15, 0.2) is 35.2 Å². The molecule has 0 spiro atoms. The highest BCUT2D eigenvalue weighted by Crippen LogP contribution is 2.19. The SMILES string of the molecule is Cc1ncc2c(n1)CN(Cc1nc(-c3cccnc3)no1)CC2. The molecule has 0 unspecified atom stereocenters. The van der Waals surface area contributed by atoms with Gasteiger partial charge >= 0.3 is 0 Å². The molecule has 3 aromatic rings. The lowest BCUT2D eigenvalue weighted by atomic mass is 10.1. The topological polar surface area (TPSA) is 80.8 Å². The molecule has 23 heavy (non-hydrogen) atoms. The Morgan fingerprint density at radius 1 is 1.26 bits per heavy atom. The van der Waals surface area contributed by atoms with E-state index in [2.05, 4.69) is 30.0 Å².